The van der Waals surface area contributed by atoms with E-state index in [4.69, 9.17) is 4.74 Å². The van der Waals surface area contributed by atoms with Gasteiger partial charge in [-0.2, -0.15) is 0 Å². The monoisotopic (exact) mass is 318 g/mol. The highest BCUT2D eigenvalue weighted by Gasteiger charge is 2.54. The largest absolute Gasteiger partial charge is 0.496 e. The van der Waals surface area contributed by atoms with Gasteiger partial charge in [0.15, 0.2) is 0 Å². The molecule has 1 aliphatic rings. The molecule has 1 aromatic rings. The van der Waals surface area contributed by atoms with Gasteiger partial charge in [0.25, 0.3) is 0 Å². The average Bonchev–Trinajstić information content (AvgIpc) is 2.44. The molecule has 4 atom stereocenters. The van der Waals surface area contributed by atoms with Crippen molar-refractivity contribution in [3.8, 4) is 5.75 Å². The highest BCUT2D eigenvalue weighted by molar-refractivity contribution is 6.05. The second-order valence-electron chi connectivity index (χ2n) is 6.44. The standard InChI is InChI=1S/C18H22O5/c1-10(19)15-13(21)9-18(3,22)17(11(2)20)16(15)12-7-5-6-8-14(12)23-4/h5-8,15-17,22H,9H2,1-4H3. The average molecular weight is 318 g/mol. The predicted octanol–water partition coefficient (Wildman–Crippen LogP) is 1.91. The minimum atomic E-state index is -1.49. The van der Waals surface area contributed by atoms with Gasteiger partial charge in [0.1, 0.15) is 23.1 Å². The summed E-state index contributed by atoms with van der Waals surface area (Å²) in [5, 5.41) is 10.7. The summed E-state index contributed by atoms with van der Waals surface area (Å²) in [6.07, 6.45) is -0.201. The number of aliphatic hydroxyl groups is 1. The highest BCUT2D eigenvalue weighted by atomic mass is 16.5. The normalized spacial score (nSPS) is 30.8. The van der Waals surface area contributed by atoms with Crippen LogP contribution in [0.15, 0.2) is 24.3 Å². The summed E-state index contributed by atoms with van der Waals surface area (Å²) in [4.78, 5) is 36.8. The fourth-order valence-corrected chi connectivity index (χ4v) is 3.82. The van der Waals surface area contributed by atoms with Gasteiger partial charge in [0.05, 0.1) is 24.5 Å². The fraction of sp³-hybridized carbons (Fsp3) is 0.500. The first-order valence-corrected chi connectivity index (χ1v) is 7.59. The van der Waals surface area contributed by atoms with Gasteiger partial charge in [-0.05, 0) is 32.4 Å². The Bertz CT molecular complexity index is 647. The fourth-order valence-electron chi connectivity index (χ4n) is 3.82. The van der Waals surface area contributed by atoms with Crippen molar-refractivity contribution in [2.24, 2.45) is 11.8 Å². The minimum Gasteiger partial charge on any atom is -0.496 e. The summed E-state index contributed by atoms with van der Waals surface area (Å²) >= 11 is 0. The minimum absolute atomic E-state index is 0.201. The summed E-state index contributed by atoms with van der Waals surface area (Å²) in [6, 6.07) is 7.00. The van der Waals surface area contributed by atoms with E-state index in [2.05, 4.69) is 0 Å². The number of hydrogen-bond acceptors (Lipinski definition) is 5. The van der Waals surface area contributed by atoms with E-state index < -0.39 is 23.4 Å². The lowest BCUT2D eigenvalue weighted by molar-refractivity contribution is -0.151. The third-order valence-electron chi connectivity index (χ3n) is 4.64. The zero-order valence-corrected chi connectivity index (χ0v) is 13.8. The van der Waals surface area contributed by atoms with Crippen LogP contribution in [0.1, 0.15) is 38.7 Å². The summed E-state index contributed by atoms with van der Waals surface area (Å²) in [6.45, 7) is 4.21. The Labute approximate surface area is 135 Å². The number of rotatable bonds is 4. The lowest BCUT2D eigenvalue weighted by Gasteiger charge is -2.44. The van der Waals surface area contributed by atoms with Gasteiger partial charge in [0.2, 0.25) is 0 Å². The second-order valence-corrected chi connectivity index (χ2v) is 6.44. The zero-order valence-electron chi connectivity index (χ0n) is 13.8. The van der Waals surface area contributed by atoms with Gasteiger partial charge in [-0.3, -0.25) is 14.4 Å². The first-order valence-electron chi connectivity index (χ1n) is 7.59. The molecule has 23 heavy (non-hydrogen) atoms. The third-order valence-corrected chi connectivity index (χ3v) is 4.64. The first-order chi connectivity index (χ1) is 10.7. The molecule has 0 bridgehead atoms. The molecule has 0 heterocycles. The van der Waals surface area contributed by atoms with Gasteiger partial charge in [-0.1, -0.05) is 18.2 Å². The van der Waals surface area contributed by atoms with E-state index in [1.807, 2.05) is 0 Å². The van der Waals surface area contributed by atoms with Gasteiger partial charge in [-0.25, -0.2) is 0 Å². The number of carbonyl (C=O) groups excluding carboxylic acids is 3. The molecule has 0 aromatic heterocycles. The van der Waals surface area contributed by atoms with Crippen molar-refractivity contribution in [2.45, 2.75) is 38.7 Å². The molecule has 0 radical (unpaired) electrons. The molecule has 0 amide bonds. The number of benzene rings is 1. The molecule has 1 aromatic carbocycles. The molecular weight excluding hydrogens is 296 g/mol. The number of ether oxygens (including phenoxy) is 1. The van der Waals surface area contributed by atoms with Crippen LogP contribution in [0.2, 0.25) is 0 Å². The maximum Gasteiger partial charge on any atom is 0.146 e. The molecule has 1 saturated carbocycles. The van der Waals surface area contributed by atoms with Crippen LogP contribution in [-0.4, -0.2) is 35.2 Å². The predicted molar refractivity (Wildman–Crippen MR) is 84.3 cm³/mol. The number of Topliss-reactive ketones (excluding diaryl/α,β-unsaturated/α-hetero) is 3. The Morgan fingerprint density at radius 3 is 2.35 bits per heavy atom. The van der Waals surface area contributed by atoms with Gasteiger partial charge in [0, 0.05) is 12.3 Å². The first kappa shape index (κ1) is 17.3. The lowest BCUT2D eigenvalue weighted by Crippen LogP contribution is -2.54. The quantitative estimate of drug-likeness (QED) is 0.858. The van der Waals surface area contributed by atoms with Crippen LogP contribution in [0.25, 0.3) is 0 Å². The van der Waals surface area contributed by atoms with Crippen LogP contribution in [0.5, 0.6) is 5.75 Å². The van der Waals surface area contributed by atoms with Crippen molar-refractivity contribution in [2.75, 3.05) is 7.11 Å². The Kier molecular flexibility index (Phi) is 4.71. The summed E-state index contributed by atoms with van der Waals surface area (Å²) in [5.74, 6) is -2.89. The molecule has 1 fully saturated rings. The van der Waals surface area contributed by atoms with Gasteiger partial charge < -0.3 is 9.84 Å². The van der Waals surface area contributed by atoms with E-state index in [0.717, 1.165) is 0 Å². The van der Waals surface area contributed by atoms with Crippen molar-refractivity contribution in [1.29, 1.82) is 0 Å². The molecule has 4 unspecified atom stereocenters. The molecular formula is C18H22O5. The van der Waals surface area contributed by atoms with Crippen molar-refractivity contribution in [1.82, 2.24) is 0 Å². The number of ketones is 3. The molecule has 5 nitrogen and oxygen atoms in total. The summed E-state index contributed by atoms with van der Waals surface area (Å²) < 4.78 is 5.34. The van der Waals surface area contributed by atoms with Crippen molar-refractivity contribution in [3.05, 3.63) is 29.8 Å². The Hall–Kier alpha value is -2.01. The Balaban J connectivity index is 2.69. The Morgan fingerprint density at radius 1 is 1.22 bits per heavy atom. The van der Waals surface area contributed by atoms with Crippen LogP contribution in [-0.2, 0) is 14.4 Å². The van der Waals surface area contributed by atoms with E-state index in [1.165, 1.54) is 27.9 Å². The molecule has 1 N–H and O–H groups in total. The lowest BCUT2D eigenvalue weighted by atomic mass is 9.59. The second kappa shape index (κ2) is 6.24. The SMILES string of the molecule is COc1ccccc1C1C(C(C)=O)C(=O)CC(C)(O)C1C(C)=O. The molecule has 124 valence electrons. The molecule has 1 aliphatic carbocycles. The van der Waals surface area contributed by atoms with Crippen molar-refractivity contribution in [3.63, 3.8) is 0 Å². The van der Waals surface area contributed by atoms with Crippen molar-refractivity contribution >= 4 is 17.3 Å². The number of hydrogen-bond donors (Lipinski definition) is 1. The molecule has 2 rings (SSSR count). The molecule has 0 spiro atoms. The van der Waals surface area contributed by atoms with Gasteiger partial charge in [-0.15, -0.1) is 0 Å². The zero-order chi connectivity index (χ0) is 17.4. The topological polar surface area (TPSA) is 80.7 Å². The Morgan fingerprint density at radius 2 is 1.83 bits per heavy atom. The van der Waals surface area contributed by atoms with E-state index in [9.17, 15) is 19.5 Å². The number of carbonyl (C=O) groups is 3. The van der Waals surface area contributed by atoms with Crippen LogP contribution in [0.3, 0.4) is 0 Å². The molecule has 0 saturated heterocycles. The van der Waals surface area contributed by atoms with Crippen LogP contribution in [0.4, 0.5) is 0 Å². The highest BCUT2D eigenvalue weighted by Crippen LogP contribution is 2.48. The number of methoxy groups -OCH3 is 1. The van der Waals surface area contributed by atoms with Gasteiger partial charge >= 0.3 is 0 Å². The van der Waals surface area contributed by atoms with Crippen LogP contribution >= 0.6 is 0 Å². The maximum absolute atomic E-state index is 12.5. The van der Waals surface area contributed by atoms with E-state index in [0.29, 0.717) is 11.3 Å². The van der Waals surface area contributed by atoms with Crippen LogP contribution < -0.4 is 4.74 Å². The smallest absolute Gasteiger partial charge is 0.146 e. The summed E-state index contributed by atoms with van der Waals surface area (Å²) in [5.41, 5.74) is -0.885. The van der Waals surface area contributed by atoms with E-state index in [-0.39, 0.29) is 23.8 Å². The van der Waals surface area contributed by atoms with Crippen LogP contribution in [0, 0.1) is 11.8 Å². The summed E-state index contributed by atoms with van der Waals surface area (Å²) in [7, 11) is 1.49. The molecule has 5 heteroatoms. The molecule has 0 aliphatic heterocycles. The number of para-hydroxylation sites is 1. The maximum atomic E-state index is 12.5. The van der Waals surface area contributed by atoms with E-state index >= 15 is 0 Å². The van der Waals surface area contributed by atoms with E-state index in [1.54, 1.807) is 24.3 Å². The van der Waals surface area contributed by atoms with Crippen molar-refractivity contribution < 1.29 is 24.2 Å². The third kappa shape index (κ3) is 3.06.